The number of nitrogens with two attached hydrogens (primary N) is 1. The first-order chi connectivity index (χ1) is 19.3. The molecule has 6 rings (SSSR count). The van der Waals surface area contributed by atoms with Crippen LogP contribution in [0.1, 0.15) is 86.5 Å². The minimum absolute atomic E-state index is 0.132. The van der Waals surface area contributed by atoms with Crippen molar-refractivity contribution in [2.45, 2.75) is 51.3 Å². The molecule has 1 aliphatic carbocycles. The number of amidine groups is 1. The maximum Gasteiger partial charge on any atom is 0.263 e. The number of benzene rings is 2. The maximum absolute atomic E-state index is 13.6. The smallest absolute Gasteiger partial charge is 0.263 e. The summed E-state index contributed by atoms with van der Waals surface area (Å²) in [5, 5.41) is 7.59. The van der Waals surface area contributed by atoms with Gasteiger partial charge in [-0.2, -0.15) is 0 Å². The quantitative estimate of drug-likeness (QED) is 0.260. The third kappa shape index (κ3) is 4.16. The van der Waals surface area contributed by atoms with Gasteiger partial charge in [-0.25, -0.2) is 0 Å². The number of imide groups is 1. The highest BCUT2D eigenvalue weighted by Crippen LogP contribution is 2.39. The molecule has 2 aliphatic heterocycles. The average molecular weight is 540 g/mol. The van der Waals surface area contributed by atoms with Crippen molar-refractivity contribution < 1.29 is 23.9 Å². The fourth-order valence-electron chi connectivity index (χ4n) is 5.70. The number of nitrogens with zero attached hydrogens (tertiary/aromatic N) is 3. The van der Waals surface area contributed by atoms with Crippen LogP contribution in [0.5, 0.6) is 11.5 Å². The lowest BCUT2D eigenvalue weighted by Gasteiger charge is -2.23. The number of anilines is 1. The first-order valence-electron chi connectivity index (χ1n) is 13.3. The molecule has 1 aromatic heterocycles. The van der Waals surface area contributed by atoms with Gasteiger partial charge < -0.3 is 20.1 Å². The van der Waals surface area contributed by atoms with Gasteiger partial charge in [0.05, 0.1) is 36.9 Å². The van der Waals surface area contributed by atoms with E-state index >= 15 is 0 Å². The summed E-state index contributed by atoms with van der Waals surface area (Å²) in [6, 6.07) is 11.7. The van der Waals surface area contributed by atoms with Crippen molar-refractivity contribution in [3.05, 3.63) is 82.2 Å². The molecule has 3 amide bonds. The molecule has 3 N–H and O–H groups in total. The van der Waals surface area contributed by atoms with Crippen molar-refractivity contribution in [3.63, 3.8) is 0 Å². The zero-order valence-electron chi connectivity index (χ0n) is 22.3. The van der Waals surface area contributed by atoms with E-state index in [9.17, 15) is 14.4 Å². The summed E-state index contributed by atoms with van der Waals surface area (Å²) in [6.07, 6.45) is 5.72. The van der Waals surface area contributed by atoms with E-state index in [4.69, 9.17) is 20.6 Å². The topological polar surface area (TPSA) is 139 Å². The normalized spacial score (nSPS) is 17.3. The Morgan fingerprint density at radius 3 is 2.45 bits per heavy atom. The van der Waals surface area contributed by atoms with Gasteiger partial charge in [-0.3, -0.25) is 29.7 Å². The monoisotopic (exact) mass is 539 g/mol. The van der Waals surface area contributed by atoms with Crippen molar-refractivity contribution in [1.29, 1.82) is 5.41 Å². The standard InChI is InChI=1S/C30H29N5O5/c1-16(35-29(37)22-13-24(27(31)32)33-14-23(22)30(35)38)17-7-8-18-15-34(28(36)21(18)11-17)19-9-10-25(39-2)26(12-19)40-20-5-3-4-6-20/h7-14,16,20H,3-6,15H2,1-2H3,(H3,31,32). The number of rotatable bonds is 7. The first-order valence-corrected chi connectivity index (χ1v) is 13.3. The second kappa shape index (κ2) is 9.78. The number of carbonyl (C=O) groups excluding carboxylic acids is 3. The van der Waals surface area contributed by atoms with Crippen molar-refractivity contribution in [2.75, 3.05) is 12.0 Å². The Kier molecular flexibility index (Phi) is 6.25. The van der Waals surface area contributed by atoms with Gasteiger partial charge in [0, 0.05) is 23.5 Å². The van der Waals surface area contributed by atoms with Crippen molar-refractivity contribution in [1.82, 2.24) is 9.88 Å². The third-order valence-electron chi connectivity index (χ3n) is 7.94. The molecule has 3 aromatic rings. The summed E-state index contributed by atoms with van der Waals surface area (Å²) < 4.78 is 11.7. The number of ether oxygens (including phenoxy) is 2. The minimum atomic E-state index is -0.632. The van der Waals surface area contributed by atoms with Crippen LogP contribution in [0.4, 0.5) is 5.69 Å². The fraction of sp³-hybridized carbons (Fsp3) is 0.300. The molecule has 0 spiro atoms. The molecule has 1 unspecified atom stereocenters. The molecular weight excluding hydrogens is 510 g/mol. The van der Waals surface area contributed by atoms with Gasteiger partial charge in [-0.05, 0) is 68.0 Å². The zero-order valence-corrected chi connectivity index (χ0v) is 22.3. The van der Waals surface area contributed by atoms with E-state index in [1.807, 2.05) is 30.3 Å². The fourth-order valence-corrected chi connectivity index (χ4v) is 5.70. The van der Waals surface area contributed by atoms with Crippen LogP contribution < -0.4 is 20.1 Å². The van der Waals surface area contributed by atoms with Gasteiger partial charge in [-0.1, -0.05) is 12.1 Å². The van der Waals surface area contributed by atoms with E-state index in [0.29, 0.717) is 34.9 Å². The minimum Gasteiger partial charge on any atom is -0.493 e. The predicted octanol–water partition coefficient (Wildman–Crippen LogP) is 4.21. The molecule has 1 atom stereocenters. The van der Waals surface area contributed by atoms with Gasteiger partial charge in [0.1, 0.15) is 11.5 Å². The van der Waals surface area contributed by atoms with E-state index in [1.54, 1.807) is 25.0 Å². The third-order valence-corrected chi connectivity index (χ3v) is 7.94. The van der Waals surface area contributed by atoms with E-state index < -0.39 is 17.9 Å². The summed E-state index contributed by atoms with van der Waals surface area (Å²) in [5.74, 6) is -0.167. The average Bonchev–Trinajstić information content (AvgIpc) is 3.65. The van der Waals surface area contributed by atoms with E-state index in [0.717, 1.165) is 36.1 Å². The molecule has 0 radical (unpaired) electrons. The van der Waals surface area contributed by atoms with E-state index in [1.165, 1.54) is 12.3 Å². The Morgan fingerprint density at radius 1 is 0.975 bits per heavy atom. The van der Waals surface area contributed by atoms with Crippen LogP contribution in [0.3, 0.4) is 0 Å². The molecule has 1 fully saturated rings. The highest BCUT2D eigenvalue weighted by Gasteiger charge is 2.40. The summed E-state index contributed by atoms with van der Waals surface area (Å²) in [5.41, 5.74) is 8.72. The highest BCUT2D eigenvalue weighted by atomic mass is 16.5. The van der Waals surface area contributed by atoms with Crippen molar-refractivity contribution in [3.8, 4) is 11.5 Å². The molecule has 1 saturated carbocycles. The van der Waals surface area contributed by atoms with Gasteiger partial charge >= 0.3 is 0 Å². The van der Waals surface area contributed by atoms with Gasteiger partial charge in [0.25, 0.3) is 17.7 Å². The number of carbonyl (C=O) groups is 3. The summed E-state index contributed by atoms with van der Waals surface area (Å²) >= 11 is 0. The Morgan fingerprint density at radius 2 is 1.73 bits per heavy atom. The molecular formula is C30H29N5O5. The molecule has 10 heteroatoms. The second-order valence-electron chi connectivity index (χ2n) is 10.4. The molecule has 2 aromatic carbocycles. The summed E-state index contributed by atoms with van der Waals surface area (Å²) in [7, 11) is 1.60. The number of amides is 3. The molecule has 204 valence electrons. The van der Waals surface area contributed by atoms with Crippen LogP contribution in [0.2, 0.25) is 0 Å². The Balaban J connectivity index is 1.25. The first kappa shape index (κ1) is 25.5. The van der Waals surface area contributed by atoms with E-state index in [-0.39, 0.29) is 34.7 Å². The lowest BCUT2D eigenvalue weighted by Crippen LogP contribution is -2.32. The molecule has 3 heterocycles. The number of methoxy groups -OCH3 is 1. The second-order valence-corrected chi connectivity index (χ2v) is 10.4. The summed E-state index contributed by atoms with van der Waals surface area (Å²) in [4.78, 5) is 46.8. The number of hydrogen-bond donors (Lipinski definition) is 2. The Bertz CT molecular complexity index is 1580. The Labute approximate surface area is 231 Å². The van der Waals surface area contributed by atoms with Gasteiger partial charge in [0.15, 0.2) is 11.5 Å². The number of aromatic nitrogens is 1. The lowest BCUT2D eigenvalue weighted by molar-refractivity contribution is 0.0595. The lowest BCUT2D eigenvalue weighted by atomic mass is 10.0. The highest BCUT2D eigenvalue weighted by molar-refractivity contribution is 6.22. The maximum atomic E-state index is 13.6. The van der Waals surface area contributed by atoms with E-state index in [2.05, 4.69) is 4.98 Å². The van der Waals surface area contributed by atoms with Crippen LogP contribution in [0, 0.1) is 5.41 Å². The predicted molar refractivity (Wildman–Crippen MR) is 147 cm³/mol. The summed E-state index contributed by atoms with van der Waals surface area (Å²) in [6.45, 7) is 2.14. The largest absolute Gasteiger partial charge is 0.493 e. The molecule has 0 bridgehead atoms. The number of nitrogens with one attached hydrogen (secondary N) is 1. The number of hydrogen-bond acceptors (Lipinski definition) is 7. The van der Waals surface area contributed by atoms with Crippen LogP contribution >= 0.6 is 0 Å². The van der Waals surface area contributed by atoms with Crippen molar-refractivity contribution >= 4 is 29.2 Å². The molecule has 40 heavy (non-hydrogen) atoms. The van der Waals surface area contributed by atoms with Crippen LogP contribution in [0.15, 0.2) is 48.7 Å². The number of fused-ring (bicyclic) bond motifs is 2. The molecule has 3 aliphatic rings. The molecule has 10 nitrogen and oxygen atoms in total. The Hall–Kier alpha value is -4.73. The molecule has 0 saturated heterocycles. The van der Waals surface area contributed by atoms with Crippen LogP contribution in [-0.4, -0.2) is 46.7 Å². The zero-order chi connectivity index (χ0) is 28.1. The number of pyridine rings is 1. The number of nitrogen functional groups attached to an aromatic ring is 1. The SMILES string of the molecule is COc1ccc(N2Cc3ccc(C(C)N4C(=O)c5cnc(C(=N)N)cc5C4=O)cc3C2=O)cc1OC1CCCC1. The van der Waals surface area contributed by atoms with Crippen LogP contribution in [0.25, 0.3) is 0 Å². The van der Waals surface area contributed by atoms with Gasteiger partial charge in [0.2, 0.25) is 0 Å². The van der Waals surface area contributed by atoms with Gasteiger partial charge in [-0.15, -0.1) is 0 Å². The van der Waals surface area contributed by atoms with Crippen molar-refractivity contribution in [2.24, 2.45) is 5.73 Å². The van der Waals surface area contributed by atoms with Crippen LogP contribution in [-0.2, 0) is 6.54 Å².